The van der Waals surface area contributed by atoms with E-state index in [-0.39, 0.29) is 6.03 Å². The van der Waals surface area contributed by atoms with E-state index >= 15 is 0 Å². The second-order valence-electron chi connectivity index (χ2n) is 5.28. The SMILES string of the molecule is COc1ccc(NC(=O)NCCOc2cc(C)cc(C)c2)cc1. The van der Waals surface area contributed by atoms with Crippen molar-refractivity contribution in [2.24, 2.45) is 0 Å². The second kappa shape index (κ2) is 8.08. The molecule has 0 heterocycles. The molecule has 0 aromatic heterocycles. The third-order valence-corrected chi connectivity index (χ3v) is 3.20. The molecular weight excluding hydrogens is 292 g/mol. The topological polar surface area (TPSA) is 59.6 Å². The van der Waals surface area contributed by atoms with Crippen LogP contribution in [0.5, 0.6) is 11.5 Å². The minimum atomic E-state index is -0.265. The highest BCUT2D eigenvalue weighted by atomic mass is 16.5. The number of hydrogen-bond acceptors (Lipinski definition) is 3. The maximum absolute atomic E-state index is 11.8. The van der Waals surface area contributed by atoms with Crippen molar-refractivity contribution in [2.45, 2.75) is 13.8 Å². The summed E-state index contributed by atoms with van der Waals surface area (Å²) in [6.45, 7) is 4.90. The molecule has 122 valence electrons. The molecule has 0 unspecified atom stereocenters. The molecular formula is C18H22N2O3. The highest BCUT2D eigenvalue weighted by molar-refractivity contribution is 5.89. The van der Waals surface area contributed by atoms with Crippen molar-refractivity contribution < 1.29 is 14.3 Å². The number of rotatable bonds is 6. The molecule has 0 bridgehead atoms. The first-order valence-corrected chi connectivity index (χ1v) is 7.47. The predicted octanol–water partition coefficient (Wildman–Crippen LogP) is 3.51. The van der Waals surface area contributed by atoms with E-state index in [1.54, 1.807) is 31.4 Å². The van der Waals surface area contributed by atoms with Gasteiger partial charge in [-0.3, -0.25) is 0 Å². The maximum Gasteiger partial charge on any atom is 0.319 e. The number of amides is 2. The van der Waals surface area contributed by atoms with Crippen LogP contribution in [0.2, 0.25) is 0 Å². The fourth-order valence-electron chi connectivity index (χ4n) is 2.20. The van der Waals surface area contributed by atoms with Gasteiger partial charge in [-0.05, 0) is 61.4 Å². The van der Waals surface area contributed by atoms with Crippen LogP contribution in [0.1, 0.15) is 11.1 Å². The van der Waals surface area contributed by atoms with Crippen LogP contribution in [0.25, 0.3) is 0 Å². The van der Waals surface area contributed by atoms with Gasteiger partial charge in [-0.2, -0.15) is 0 Å². The van der Waals surface area contributed by atoms with Crippen LogP contribution in [0.4, 0.5) is 10.5 Å². The van der Waals surface area contributed by atoms with E-state index in [2.05, 4.69) is 16.7 Å². The standard InChI is InChI=1S/C18H22N2O3/c1-13-10-14(2)12-17(11-13)23-9-8-19-18(21)20-15-4-6-16(22-3)7-5-15/h4-7,10-12H,8-9H2,1-3H3,(H2,19,20,21). The molecule has 2 aromatic carbocycles. The summed E-state index contributed by atoms with van der Waals surface area (Å²) < 4.78 is 10.7. The van der Waals surface area contributed by atoms with Crippen LogP contribution in [-0.4, -0.2) is 26.3 Å². The number of aryl methyl sites for hydroxylation is 2. The molecule has 23 heavy (non-hydrogen) atoms. The summed E-state index contributed by atoms with van der Waals surface area (Å²) in [7, 11) is 1.60. The van der Waals surface area contributed by atoms with Gasteiger partial charge in [0, 0.05) is 5.69 Å². The number of carbonyl (C=O) groups is 1. The van der Waals surface area contributed by atoms with Crippen molar-refractivity contribution in [2.75, 3.05) is 25.6 Å². The minimum Gasteiger partial charge on any atom is -0.497 e. The first-order valence-electron chi connectivity index (χ1n) is 7.47. The normalized spacial score (nSPS) is 10.0. The highest BCUT2D eigenvalue weighted by Crippen LogP contribution is 2.16. The van der Waals surface area contributed by atoms with Gasteiger partial charge in [-0.15, -0.1) is 0 Å². The zero-order valence-corrected chi connectivity index (χ0v) is 13.7. The van der Waals surface area contributed by atoms with Gasteiger partial charge < -0.3 is 20.1 Å². The Morgan fingerprint density at radius 2 is 1.65 bits per heavy atom. The fourth-order valence-corrected chi connectivity index (χ4v) is 2.20. The lowest BCUT2D eigenvalue weighted by atomic mass is 10.1. The largest absolute Gasteiger partial charge is 0.497 e. The Balaban J connectivity index is 1.71. The predicted molar refractivity (Wildman–Crippen MR) is 91.4 cm³/mol. The summed E-state index contributed by atoms with van der Waals surface area (Å²) >= 11 is 0. The Morgan fingerprint density at radius 1 is 1.00 bits per heavy atom. The molecule has 0 spiro atoms. The van der Waals surface area contributed by atoms with E-state index in [1.165, 1.54) is 0 Å². The Kier molecular flexibility index (Phi) is 5.86. The summed E-state index contributed by atoms with van der Waals surface area (Å²) in [4.78, 5) is 11.8. The summed E-state index contributed by atoms with van der Waals surface area (Å²) in [5.74, 6) is 1.57. The average molecular weight is 314 g/mol. The molecule has 2 rings (SSSR count). The molecule has 0 saturated heterocycles. The molecule has 5 heteroatoms. The molecule has 0 atom stereocenters. The van der Waals surface area contributed by atoms with Crippen LogP contribution in [0.15, 0.2) is 42.5 Å². The molecule has 0 aliphatic rings. The van der Waals surface area contributed by atoms with Gasteiger partial charge in [0.05, 0.1) is 13.7 Å². The van der Waals surface area contributed by atoms with Crippen molar-refractivity contribution in [1.82, 2.24) is 5.32 Å². The number of methoxy groups -OCH3 is 1. The monoisotopic (exact) mass is 314 g/mol. The Hall–Kier alpha value is -2.69. The third kappa shape index (κ3) is 5.54. The fraction of sp³-hybridized carbons (Fsp3) is 0.278. The molecule has 0 aliphatic heterocycles. The summed E-state index contributed by atoms with van der Waals surface area (Å²) in [6, 6.07) is 12.9. The van der Waals surface area contributed by atoms with E-state index in [4.69, 9.17) is 9.47 Å². The number of urea groups is 1. The van der Waals surface area contributed by atoms with Gasteiger partial charge in [0.15, 0.2) is 0 Å². The molecule has 2 amide bonds. The van der Waals surface area contributed by atoms with Gasteiger partial charge in [-0.25, -0.2) is 4.79 Å². The summed E-state index contributed by atoms with van der Waals surface area (Å²) in [6.07, 6.45) is 0. The van der Waals surface area contributed by atoms with Crippen LogP contribution in [0.3, 0.4) is 0 Å². The lowest BCUT2D eigenvalue weighted by Gasteiger charge is -2.10. The van der Waals surface area contributed by atoms with Crippen LogP contribution in [0, 0.1) is 13.8 Å². The van der Waals surface area contributed by atoms with Crippen LogP contribution < -0.4 is 20.1 Å². The third-order valence-electron chi connectivity index (χ3n) is 3.20. The van der Waals surface area contributed by atoms with E-state index in [0.29, 0.717) is 18.8 Å². The number of carbonyl (C=O) groups excluding carboxylic acids is 1. The van der Waals surface area contributed by atoms with Gasteiger partial charge in [0.1, 0.15) is 18.1 Å². The van der Waals surface area contributed by atoms with Gasteiger partial charge in [0.2, 0.25) is 0 Å². The minimum absolute atomic E-state index is 0.265. The lowest BCUT2D eigenvalue weighted by molar-refractivity contribution is 0.247. The lowest BCUT2D eigenvalue weighted by Crippen LogP contribution is -2.32. The smallest absolute Gasteiger partial charge is 0.319 e. The highest BCUT2D eigenvalue weighted by Gasteiger charge is 2.02. The Labute approximate surface area is 136 Å². The second-order valence-corrected chi connectivity index (χ2v) is 5.28. The maximum atomic E-state index is 11.8. The van der Waals surface area contributed by atoms with E-state index < -0.39 is 0 Å². The van der Waals surface area contributed by atoms with Crippen molar-refractivity contribution >= 4 is 11.7 Å². The van der Waals surface area contributed by atoms with E-state index in [1.807, 2.05) is 26.0 Å². The van der Waals surface area contributed by atoms with Crippen LogP contribution in [-0.2, 0) is 0 Å². The van der Waals surface area contributed by atoms with Crippen molar-refractivity contribution in [1.29, 1.82) is 0 Å². The van der Waals surface area contributed by atoms with Crippen LogP contribution >= 0.6 is 0 Å². The van der Waals surface area contributed by atoms with Gasteiger partial charge >= 0.3 is 6.03 Å². The molecule has 0 radical (unpaired) electrons. The molecule has 0 aliphatic carbocycles. The summed E-state index contributed by atoms with van der Waals surface area (Å²) in [5.41, 5.74) is 3.02. The Morgan fingerprint density at radius 3 is 2.26 bits per heavy atom. The zero-order valence-electron chi connectivity index (χ0n) is 13.7. The molecule has 2 aromatic rings. The zero-order chi connectivity index (χ0) is 16.7. The van der Waals surface area contributed by atoms with Crippen molar-refractivity contribution in [3.63, 3.8) is 0 Å². The number of ether oxygens (including phenoxy) is 2. The quantitative estimate of drug-likeness (QED) is 0.802. The number of hydrogen-bond donors (Lipinski definition) is 2. The molecule has 2 N–H and O–H groups in total. The number of nitrogens with one attached hydrogen (secondary N) is 2. The first-order chi connectivity index (χ1) is 11.1. The van der Waals surface area contributed by atoms with Gasteiger partial charge in [-0.1, -0.05) is 6.07 Å². The average Bonchev–Trinajstić information content (AvgIpc) is 2.51. The first kappa shape index (κ1) is 16.7. The Bertz CT molecular complexity index is 634. The molecule has 0 saturated carbocycles. The van der Waals surface area contributed by atoms with Crippen molar-refractivity contribution in [3.05, 3.63) is 53.6 Å². The van der Waals surface area contributed by atoms with Crippen molar-refractivity contribution in [3.8, 4) is 11.5 Å². The van der Waals surface area contributed by atoms with E-state index in [9.17, 15) is 4.79 Å². The summed E-state index contributed by atoms with van der Waals surface area (Å²) in [5, 5.41) is 5.50. The van der Waals surface area contributed by atoms with Gasteiger partial charge in [0.25, 0.3) is 0 Å². The molecule has 5 nitrogen and oxygen atoms in total. The number of anilines is 1. The van der Waals surface area contributed by atoms with E-state index in [0.717, 1.165) is 22.6 Å². The number of benzene rings is 2. The molecule has 0 fully saturated rings.